The molecule has 0 radical (unpaired) electrons. The summed E-state index contributed by atoms with van der Waals surface area (Å²) < 4.78 is 5.66. The Balaban J connectivity index is 1.64. The maximum atomic E-state index is 5.66. The SMILES string of the molecule is CCCCOCCN1CCCC2CNCC21. The molecule has 3 nitrogen and oxygen atoms in total. The third-order valence-corrected chi connectivity index (χ3v) is 3.96. The molecule has 2 rings (SSSR count). The van der Waals surface area contributed by atoms with Crippen molar-refractivity contribution in [2.24, 2.45) is 5.92 Å². The number of hydrogen-bond donors (Lipinski definition) is 1. The molecule has 0 aromatic carbocycles. The Morgan fingerprint density at radius 3 is 3.12 bits per heavy atom. The smallest absolute Gasteiger partial charge is 0.0593 e. The first-order valence-corrected chi connectivity index (χ1v) is 6.94. The fourth-order valence-corrected chi connectivity index (χ4v) is 2.97. The van der Waals surface area contributed by atoms with E-state index in [-0.39, 0.29) is 0 Å². The molecule has 2 aliphatic heterocycles. The zero-order valence-electron chi connectivity index (χ0n) is 10.6. The largest absolute Gasteiger partial charge is 0.380 e. The number of nitrogens with one attached hydrogen (secondary N) is 1. The van der Waals surface area contributed by atoms with Gasteiger partial charge in [-0.25, -0.2) is 0 Å². The van der Waals surface area contributed by atoms with Crippen molar-refractivity contribution in [1.29, 1.82) is 0 Å². The van der Waals surface area contributed by atoms with Crippen LogP contribution in [0.25, 0.3) is 0 Å². The lowest BCUT2D eigenvalue weighted by molar-refractivity contribution is 0.0622. The first-order chi connectivity index (χ1) is 7.92. The lowest BCUT2D eigenvalue weighted by Gasteiger charge is -2.36. The van der Waals surface area contributed by atoms with Crippen LogP contribution in [0.3, 0.4) is 0 Å². The second-order valence-electron chi connectivity index (χ2n) is 5.13. The maximum Gasteiger partial charge on any atom is 0.0593 e. The molecule has 94 valence electrons. The Bertz CT molecular complexity index is 198. The van der Waals surface area contributed by atoms with E-state index in [1.54, 1.807) is 0 Å². The lowest BCUT2D eigenvalue weighted by atomic mass is 9.92. The summed E-state index contributed by atoms with van der Waals surface area (Å²) in [6, 6.07) is 0.795. The first-order valence-electron chi connectivity index (χ1n) is 6.94. The average Bonchev–Trinajstić information content (AvgIpc) is 2.77. The molecule has 2 aliphatic rings. The topological polar surface area (TPSA) is 24.5 Å². The highest BCUT2D eigenvalue weighted by atomic mass is 16.5. The second-order valence-corrected chi connectivity index (χ2v) is 5.13. The molecular weight excluding hydrogens is 200 g/mol. The molecule has 3 heteroatoms. The molecule has 2 heterocycles. The van der Waals surface area contributed by atoms with Crippen molar-refractivity contribution in [3.8, 4) is 0 Å². The van der Waals surface area contributed by atoms with Crippen molar-refractivity contribution in [2.45, 2.75) is 38.6 Å². The van der Waals surface area contributed by atoms with Crippen LogP contribution < -0.4 is 5.32 Å². The normalized spacial score (nSPS) is 30.6. The minimum absolute atomic E-state index is 0.795. The third kappa shape index (κ3) is 3.19. The van der Waals surface area contributed by atoms with E-state index in [1.807, 2.05) is 0 Å². The van der Waals surface area contributed by atoms with Gasteiger partial charge >= 0.3 is 0 Å². The van der Waals surface area contributed by atoms with Gasteiger partial charge in [-0.3, -0.25) is 4.90 Å². The highest BCUT2D eigenvalue weighted by molar-refractivity contribution is 4.91. The number of hydrogen-bond acceptors (Lipinski definition) is 3. The van der Waals surface area contributed by atoms with Crippen LogP contribution in [-0.4, -0.2) is 50.3 Å². The zero-order valence-corrected chi connectivity index (χ0v) is 10.6. The van der Waals surface area contributed by atoms with E-state index in [0.717, 1.165) is 31.7 Å². The van der Waals surface area contributed by atoms with Gasteiger partial charge in [0.1, 0.15) is 0 Å². The van der Waals surface area contributed by atoms with Crippen LogP contribution in [-0.2, 0) is 4.74 Å². The Morgan fingerprint density at radius 2 is 2.25 bits per heavy atom. The summed E-state index contributed by atoms with van der Waals surface area (Å²) in [5, 5.41) is 3.52. The highest BCUT2D eigenvalue weighted by Crippen LogP contribution is 2.25. The van der Waals surface area contributed by atoms with E-state index in [4.69, 9.17) is 4.74 Å². The van der Waals surface area contributed by atoms with Crippen LogP contribution in [0, 0.1) is 5.92 Å². The van der Waals surface area contributed by atoms with E-state index in [9.17, 15) is 0 Å². The van der Waals surface area contributed by atoms with E-state index < -0.39 is 0 Å². The van der Waals surface area contributed by atoms with Crippen LogP contribution in [0.5, 0.6) is 0 Å². The predicted molar refractivity (Wildman–Crippen MR) is 66.7 cm³/mol. The van der Waals surface area contributed by atoms with Crippen LogP contribution in [0.4, 0.5) is 0 Å². The summed E-state index contributed by atoms with van der Waals surface area (Å²) in [5.74, 6) is 0.907. The maximum absolute atomic E-state index is 5.66. The summed E-state index contributed by atoms with van der Waals surface area (Å²) in [7, 11) is 0. The number of rotatable bonds is 6. The van der Waals surface area contributed by atoms with Gasteiger partial charge in [-0.15, -0.1) is 0 Å². The van der Waals surface area contributed by atoms with Crippen molar-refractivity contribution in [3.05, 3.63) is 0 Å². The zero-order chi connectivity index (χ0) is 11.2. The molecule has 1 N–H and O–H groups in total. The molecule has 0 bridgehead atoms. The van der Waals surface area contributed by atoms with Gasteiger partial charge in [0.05, 0.1) is 6.61 Å². The van der Waals surface area contributed by atoms with Gasteiger partial charge in [-0.2, -0.15) is 0 Å². The van der Waals surface area contributed by atoms with Gasteiger partial charge in [0.15, 0.2) is 0 Å². The summed E-state index contributed by atoms with van der Waals surface area (Å²) >= 11 is 0. The van der Waals surface area contributed by atoms with Crippen molar-refractivity contribution in [2.75, 3.05) is 39.4 Å². The fraction of sp³-hybridized carbons (Fsp3) is 1.00. The molecule has 0 aliphatic carbocycles. The molecule has 2 saturated heterocycles. The Morgan fingerprint density at radius 1 is 1.31 bits per heavy atom. The number of unbranched alkanes of at least 4 members (excludes halogenated alkanes) is 1. The van der Waals surface area contributed by atoms with Gasteiger partial charge in [0, 0.05) is 25.7 Å². The molecule has 0 aromatic heterocycles. The Labute approximate surface area is 99.5 Å². The Kier molecular flexibility index (Phi) is 5.07. The molecule has 16 heavy (non-hydrogen) atoms. The van der Waals surface area contributed by atoms with Crippen LogP contribution in [0.15, 0.2) is 0 Å². The number of nitrogens with zero attached hydrogens (tertiary/aromatic N) is 1. The molecular formula is C13H26N2O. The van der Waals surface area contributed by atoms with Crippen LogP contribution in [0.1, 0.15) is 32.6 Å². The predicted octanol–water partition coefficient (Wildman–Crippen LogP) is 1.49. The quantitative estimate of drug-likeness (QED) is 0.694. The van der Waals surface area contributed by atoms with Crippen molar-refractivity contribution < 1.29 is 4.74 Å². The van der Waals surface area contributed by atoms with Gasteiger partial charge in [-0.05, 0) is 38.3 Å². The minimum Gasteiger partial charge on any atom is -0.380 e. The van der Waals surface area contributed by atoms with Crippen molar-refractivity contribution in [1.82, 2.24) is 10.2 Å². The number of piperidine rings is 1. The van der Waals surface area contributed by atoms with Crippen molar-refractivity contribution >= 4 is 0 Å². The van der Waals surface area contributed by atoms with Gasteiger partial charge in [0.2, 0.25) is 0 Å². The molecule has 2 unspecified atom stereocenters. The highest BCUT2D eigenvalue weighted by Gasteiger charge is 2.34. The molecule has 0 amide bonds. The van der Waals surface area contributed by atoms with E-state index in [2.05, 4.69) is 17.1 Å². The average molecular weight is 226 g/mol. The van der Waals surface area contributed by atoms with E-state index in [0.29, 0.717) is 0 Å². The van der Waals surface area contributed by atoms with Gasteiger partial charge in [0.25, 0.3) is 0 Å². The summed E-state index contributed by atoms with van der Waals surface area (Å²) in [5.41, 5.74) is 0. The lowest BCUT2D eigenvalue weighted by Crippen LogP contribution is -2.46. The molecule has 2 fully saturated rings. The number of fused-ring (bicyclic) bond motifs is 1. The first kappa shape index (κ1) is 12.3. The summed E-state index contributed by atoms with van der Waals surface area (Å²) in [4.78, 5) is 2.64. The fourth-order valence-electron chi connectivity index (χ4n) is 2.97. The standard InChI is InChI=1S/C13H26N2O/c1-2-3-8-16-9-7-15-6-4-5-12-10-14-11-13(12)15/h12-14H,2-11H2,1H3. The molecule has 0 saturated carbocycles. The number of ether oxygens (including phenoxy) is 1. The Hall–Kier alpha value is -0.120. The van der Waals surface area contributed by atoms with Gasteiger partial charge in [-0.1, -0.05) is 13.3 Å². The second kappa shape index (κ2) is 6.58. The van der Waals surface area contributed by atoms with E-state index >= 15 is 0 Å². The number of likely N-dealkylation sites (tertiary alicyclic amines) is 1. The van der Waals surface area contributed by atoms with Crippen molar-refractivity contribution in [3.63, 3.8) is 0 Å². The molecule has 0 spiro atoms. The van der Waals surface area contributed by atoms with E-state index in [1.165, 1.54) is 45.3 Å². The van der Waals surface area contributed by atoms with Gasteiger partial charge < -0.3 is 10.1 Å². The molecule has 0 aromatic rings. The molecule has 2 atom stereocenters. The van der Waals surface area contributed by atoms with Crippen LogP contribution in [0.2, 0.25) is 0 Å². The summed E-state index contributed by atoms with van der Waals surface area (Å²) in [6.07, 6.45) is 5.23. The third-order valence-electron chi connectivity index (χ3n) is 3.96. The minimum atomic E-state index is 0.795. The summed E-state index contributed by atoms with van der Waals surface area (Å²) in [6.45, 7) is 8.91. The monoisotopic (exact) mass is 226 g/mol. The van der Waals surface area contributed by atoms with Crippen LogP contribution >= 0.6 is 0 Å².